The van der Waals surface area contributed by atoms with Crippen LogP contribution in [0.1, 0.15) is 6.23 Å². The predicted molar refractivity (Wildman–Crippen MR) is 122 cm³/mol. The molecule has 168 valence electrons. The van der Waals surface area contributed by atoms with Gasteiger partial charge in [0.05, 0.1) is 24.0 Å². The summed E-state index contributed by atoms with van der Waals surface area (Å²) in [6.45, 7) is -0.390. The second-order valence-electron chi connectivity index (χ2n) is 7.69. The molecule has 0 unspecified atom stereocenters. The number of hydrogen-bond acceptors (Lipinski definition) is 9. The third kappa shape index (κ3) is 3.85. The Morgan fingerprint density at radius 2 is 1.58 bits per heavy atom. The lowest BCUT2D eigenvalue weighted by Gasteiger charge is -2.16. The number of aliphatic hydroxyl groups excluding tert-OH is 3. The maximum absolute atomic E-state index is 9.95. The fourth-order valence-electron chi connectivity index (χ4n) is 3.89. The molecule has 0 aliphatic carbocycles. The molecule has 0 spiro atoms. The number of aromatic nitrogens is 5. The number of anilines is 1. The fraction of sp³-hybridized carbons (Fsp3) is 0.217. The third-order valence-electron chi connectivity index (χ3n) is 5.60. The SMILES string of the molecule is Nc1ncnc2c1ncn2[C@@H]1O[C@H](CO)[C@@H](O)[C@H]1O.c1ccc2nc3ccccc3cc2c1. The van der Waals surface area contributed by atoms with Gasteiger partial charge in [0.1, 0.15) is 30.2 Å². The Hall–Kier alpha value is -3.70. The van der Waals surface area contributed by atoms with E-state index in [0.717, 1.165) is 11.0 Å². The molecule has 1 aliphatic rings. The monoisotopic (exact) mass is 446 g/mol. The highest BCUT2D eigenvalue weighted by Crippen LogP contribution is 2.31. The molecule has 5 aromatic rings. The largest absolute Gasteiger partial charge is 0.394 e. The summed E-state index contributed by atoms with van der Waals surface area (Å²) >= 11 is 0. The van der Waals surface area contributed by atoms with Crippen molar-refractivity contribution in [3.63, 3.8) is 0 Å². The van der Waals surface area contributed by atoms with Gasteiger partial charge in [0.25, 0.3) is 0 Å². The van der Waals surface area contributed by atoms with E-state index in [1.807, 2.05) is 36.4 Å². The lowest BCUT2D eigenvalue weighted by molar-refractivity contribution is -0.0511. The van der Waals surface area contributed by atoms with Gasteiger partial charge < -0.3 is 25.8 Å². The summed E-state index contributed by atoms with van der Waals surface area (Å²) in [5, 5.41) is 31.1. The van der Waals surface area contributed by atoms with Crippen molar-refractivity contribution in [2.24, 2.45) is 0 Å². The lowest BCUT2D eigenvalue weighted by atomic mass is 10.1. The second-order valence-corrected chi connectivity index (χ2v) is 7.69. The Balaban J connectivity index is 0.000000144. The highest BCUT2D eigenvalue weighted by Gasteiger charge is 2.43. The molecule has 4 atom stereocenters. The molecule has 10 nitrogen and oxygen atoms in total. The summed E-state index contributed by atoms with van der Waals surface area (Å²) in [5.41, 5.74) is 8.57. The van der Waals surface area contributed by atoms with E-state index in [0.29, 0.717) is 11.2 Å². The molecular formula is C23H22N6O4. The van der Waals surface area contributed by atoms with E-state index in [1.54, 1.807) is 0 Å². The van der Waals surface area contributed by atoms with Gasteiger partial charge in [0.15, 0.2) is 17.7 Å². The van der Waals surface area contributed by atoms with Crippen molar-refractivity contribution in [2.45, 2.75) is 24.5 Å². The Kier molecular flexibility index (Phi) is 5.56. The molecule has 0 amide bonds. The van der Waals surface area contributed by atoms with E-state index in [4.69, 9.17) is 15.6 Å². The van der Waals surface area contributed by atoms with E-state index >= 15 is 0 Å². The van der Waals surface area contributed by atoms with Crippen LogP contribution in [-0.2, 0) is 4.74 Å². The van der Waals surface area contributed by atoms with Crippen LogP contribution >= 0.6 is 0 Å². The zero-order valence-corrected chi connectivity index (χ0v) is 17.4. The molecule has 10 heteroatoms. The van der Waals surface area contributed by atoms with Crippen molar-refractivity contribution in [1.29, 1.82) is 0 Å². The third-order valence-corrected chi connectivity index (χ3v) is 5.60. The molecule has 33 heavy (non-hydrogen) atoms. The standard InChI is InChI=1S/C13H9N.C10H13N5O4/c1-3-7-12-10(5-1)9-11-6-2-4-8-13(11)14-12;11-8-5-9(13-2-12-8)15(3-14-5)10-7(18)6(17)4(1-16)19-10/h1-9H;2-4,6-7,10,16-18H,1H2,(H2,11,12,13)/t;4-,6-,7-,10-/m.1/s1. The summed E-state index contributed by atoms with van der Waals surface area (Å²) < 4.78 is 6.85. The first-order valence-electron chi connectivity index (χ1n) is 10.4. The summed E-state index contributed by atoms with van der Waals surface area (Å²) in [5.74, 6) is 0.218. The van der Waals surface area contributed by atoms with E-state index in [1.165, 1.54) is 28.0 Å². The first-order valence-corrected chi connectivity index (χ1v) is 10.4. The molecule has 0 saturated carbocycles. The number of benzene rings is 2. The Morgan fingerprint density at radius 1 is 0.909 bits per heavy atom. The van der Waals surface area contributed by atoms with Gasteiger partial charge in [0.2, 0.25) is 0 Å². The first-order chi connectivity index (χ1) is 16.1. The smallest absolute Gasteiger partial charge is 0.167 e. The maximum Gasteiger partial charge on any atom is 0.167 e. The molecule has 6 rings (SSSR count). The fourth-order valence-corrected chi connectivity index (χ4v) is 3.89. The number of aliphatic hydroxyl groups is 3. The van der Waals surface area contributed by atoms with Gasteiger partial charge in [-0.3, -0.25) is 4.57 Å². The van der Waals surface area contributed by atoms with Crippen LogP contribution in [0.25, 0.3) is 33.0 Å². The maximum atomic E-state index is 9.95. The average Bonchev–Trinajstić information content (AvgIpc) is 3.40. The summed E-state index contributed by atoms with van der Waals surface area (Å²) in [6, 6.07) is 18.6. The highest BCUT2D eigenvalue weighted by atomic mass is 16.6. The number of rotatable bonds is 2. The van der Waals surface area contributed by atoms with Crippen molar-refractivity contribution < 1.29 is 20.1 Å². The van der Waals surface area contributed by atoms with Gasteiger partial charge in [-0.05, 0) is 18.2 Å². The zero-order chi connectivity index (χ0) is 22.9. The molecular weight excluding hydrogens is 424 g/mol. The van der Waals surface area contributed by atoms with E-state index < -0.39 is 31.1 Å². The molecule has 4 heterocycles. The van der Waals surface area contributed by atoms with Gasteiger partial charge in [-0.1, -0.05) is 36.4 Å². The minimum atomic E-state index is -1.19. The Morgan fingerprint density at radius 3 is 2.21 bits per heavy atom. The zero-order valence-electron chi connectivity index (χ0n) is 17.4. The van der Waals surface area contributed by atoms with Crippen LogP contribution in [-0.4, -0.2) is 64.7 Å². The minimum absolute atomic E-state index is 0.218. The average molecular weight is 446 g/mol. The molecule has 3 aromatic heterocycles. The van der Waals surface area contributed by atoms with Crippen LogP contribution in [0.15, 0.2) is 67.3 Å². The van der Waals surface area contributed by atoms with Crippen molar-refractivity contribution in [2.75, 3.05) is 12.3 Å². The van der Waals surface area contributed by atoms with Crippen LogP contribution in [0.2, 0.25) is 0 Å². The number of hydrogen-bond donors (Lipinski definition) is 4. The Labute approximate surface area is 187 Å². The second kappa shape index (κ2) is 8.68. The molecule has 0 bridgehead atoms. The normalized spacial score (nSPS) is 22.5. The van der Waals surface area contributed by atoms with Gasteiger partial charge in [-0.2, -0.15) is 0 Å². The minimum Gasteiger partial charge on any atom is -0.394 e. The number of nitrogens with two attached hydrogens (primary N) is 1. The highest BCUT2D eigenvalue weighted by molar-refractivity contribution is 5.92. The predicted octanol–water partition coefficient (Wildman–Crippen LogP) is 1.41. The lowest BCUT2D eigenvalue weighted by Crippen LogP contribution is -2.33. The van der Waals surface area contributed by atoms with E-state index in [9.17, 15) is 10.2 Å². The number of imidazole rings is 1. The van der Waals surface area contributed by atoms with Gasteiger partial charge in [-0.15, -0.1) is 0 Å². The molecule has 1 fully saturated rings. The van der Waals surface area contributed by atoms with Crippen LogP contribution in [0.3, 0.4) is 0 Å². The number of pyridine rings is 1. The van der Waals surface area contributed by atoms with Gasteiger partial charge in [-0.25, -0.2) is 19.9 Å². The molecule has 2 aromatic carbocycles. The number of fused-ring (bicyclic) bond motifs is 3. The molecule has 1 saturated heterocycles. The number of nitrogens with zero attached hydrogens (tertiary/aromatic N) is 5. The number of nitrogen functional groups attached to an aromatic ring is 1. The van der Waals surface area contributed by atoms with Crippen LogP contribution < -0.4 is 5.73 Å². The van der Waals surface area contributed by atoms with Gasteiger partial charge >= 0.3 is 0 Å². The van der Waals surface area contributed by atoms with Crippen LogP contribution in [0.4, 0.5) is 5.82 Å². The number of ether oxygens (including phenoxy) is 1. The van der Waals surface area contributed by atoms with Gasteiger partial charge in [0, 0.05) is 10.8 Å². The number of para-hydroxylation sites is 2. The Bertz CT molecular complexity index is 1320. The first kappa shape index (κ1) is 21.2. The van der Waals surface area contributed by atoms with E-state index in [2.05, 4.69) is 38.1 Å². The molecule has 5 N–H and O–H groups in total. The van der Waals surface area contributed by atoms with Crippen molar-refractivity contribution in [3.8, 4) is 0 Å². The van der Waals surface area contributed by atoms with Crippen molar-refractivity contribution in [1.82, 2.24) is 24.5 Å². The van der Waals surface area contributed by atoms with Crippen molar-refractivity contribution in [3.05, 3.63) is 67.3 Å². The van der Waals surface area contributed by atoms with Crippen LogP contribution in [0, 0.1) is 0 Å². The summed E-state index contributed by atoms with van der Waals surface area (Å²) in [4.78, 5) is 16.5. The molecule has 1 aliphatic heterocycles. The topological polar surface area (TPSA) is 152 Å². The van der Waals surface area contributed by atoms with E-state index in [-0.39, 0.29) is 5.82 Å². The quantitative estimate of drug-likeness (QED) is 0.295. The summed E-state index contributed by atoms with van der Waals surface area (Å²) in [7, 11) is 0. The molecule has 0 radical (unpaired) electrons. The van der Waals surface area contributed by atoms with Crippen molar-refractivity contribution >= 4 is 38.8 Å². The van der Waals surface area contributed by atoms with Crippen LogP contribution in [0.5, 0.6) is 0 Å². The summed E-state index contributed by atoms with van der Waals surface area (Å²) in [6.07, 6.45) is -1.42.